The van der Waals surface area contributed by atoms with Gasteiger partial charge in [0.2, 0.25) is 0 Å². The molecule has 1 aromatic rings. The lowest BCUT2D eigenvalue weighted by Crippen LogP contribution is -2.38. The number of ether oxygens (including phenoxy) is 2. The van der Waals surface area contributed by atoms with Gasteiger partial charge in [0.15, 0.2) is 11.5 Å². The van der Waals surface area contributed by atoms with Gasteiger partial charge < -0.3 is 14.8 Å². The summed E-state index contributed by atoms with van der Waals surface area (Å²) in [6.07, 6.45) is 4.21. The molecule has 0 unspecified atom stereocenters. The Morgan fingerprint density at radius 1 is 1.21 bits per heavy atom. The van der Waals surface area contributed by atoms with Crippen LogP contribution in [0.4, 0.5) is 0 Å². The normalized spacial score (nSPS) is 13.6. The maximum Gasteiger partial charge on any atom is 0.329 e. The molecule has 0 heterocycles. The summed E-state index contributed by atoms with van der Waals surface area (Å²) < 4.78 is 11.2. The van der Waals surface area contributed by atoms with Gasteiger partial charge in [-0.25, -0.2) is 5.43 Å². The predicted octanol–water partition coefficient (Wildman–Crippen LogP) is 1.60. The first kappa shape index (κ1) is 17.8. The lowest BCUT2D eigenvalue weighted by molar-refractivity contribution is -0.139. The Morgan fingerprint density at radius 2 is 2.00 bits per heavy atom. The van der Waals surface area contributed by atoms with Crippen LogP contribution in [0.3, 0.4) is 0 Å². The molecule has 1 aliphatic carbocycles. The Hall–Kier alpha value is -2.57. The smallest absolute Gasteiger partial charge is 0.329 e. The molecule has 0 atom stereocenters. The molecular formula is C17H23N3O4. The fourth-order valence-corrected chi connectivity index (χ4v) is 1.90. The molecule has 24 heavy (non-hydrogen) atoms. The van der Waals surface area contributed by atoms with Crippen LogP contribution in [0.25, 0.3) is 0 Å². The number of hydrogen-bond acceptors (Lipinski definition) is 5. The zero-order chi connectivity index (χ0) is 17.4. The highest BCUT2D eigenvalue weighted by molar-refractivity contribution is 6.35. The fourth-order valence-electron chi connectivity index (χ4n) is 1.90. The Morgan fingerprint density at radius 3 is 2.67 bits per heavy atom. The Labute approximate surface area is 141 Å². The number of nitrogens with one attached hydrogen (secondary N) is 2. The van der Waals surface area contributed by atoms with E-state index in [2.05, 4.69) is 15.8 Å². The van der Waals surface area contributed by atoms with Crippen molar-refractivity contribution < 1.29 is 19.1 Å². The minimum Gasteiger partial charge on any atom is -0.490 e. The van der Waals surface area contributed by atoms with Crippen LogP contribution in [-0.2, 0) is 9.59 Å². The summed E-state index contributed by atoms with van der Waals surface area (Å²) in [5, 5.41) is 6.40. The van der Waals surface area contributed by atoms with Crippen molar-refractivity contribution in [2.45, 2.75) is 39.2 Å². The van der Waals surface area contributed by atoms with E-state index in [1.807, 2.05) is 13.8 Å². The number of hydrazone groups is 1. The third-order valence-corrected chi connectivity index (χ3v) is 3.23. The highest BCUT2D eigenvalue weighted by atomic mass is 16.5. The molecule has 0 aliphatic heterocycles. The van der Waals surface area contributed by atoms with E-state index in [-0.39, 0.29) is 6.04 Å². The molecule has 2 rings (SSSR count). The number of rotatable bonds is 8. The first-order chi connectivity index (χ1) is 11.6. The van der Waals surface area contributed by atoms with Gasteiger partial charge in [-0.3, -0.25) is 9.59 Å². The lowest BCUT2D eigenvalue weighted by Gasteiger charge is -2.11. The number of carbonyl (C=O) groups excluding carboxylic acids is 2. The molecule has 7 nitrogen and oxygen atoms in total. The average Bonchev–Trinajstić information content (AvgIpc) is 3.38. The third-order valence-electron chi connectivity index (χ3n) is 3.23. The van der Waals surface area contributed by atoms with E-state index in [0.717, 1.165) is 24.8 Å². The van der Waals surface area contributed by atoms with E-state index in [4.69, 9.17) is 9.47 Å². The van der Waals surface area contributed by atoms with Gasteiger partial charge in [-0.05, 0) is 49.9 Å². The summed E-state index contributed by atoms with van der Waals surface area (Å²) in [6.45, 7) is 5.05. The monoisotopic (exact) mass is 333 g/mol. The molecule has 130 valence electrons. The second kappa shape index (κ2) is 8.90. The first-order valence-electron chi connectivity index (χ1n) is 8.17. The number of nitrogens with zero attached hydrogens (tertiary/aromatic N) is 1. The molecule has 0 radical (unpaired) electrons. The first-order valence-corrected chi connectivity index (χ1v) is 8.17. The van der Waals surface area contributed by atoms with Crippen LogP contribution < -0.4 is 20.2 Å². The molecule has 0 aromatic heterocycles. The summed E-state index contributed by atoms with van der Waals surface area (Å²) in [5.41, 5.74) is 2.94. The zero-order valence-electron chi connectivity index (χ0n) is 14.0. The van der Waals surface area contributed by atoms with Crippen LogP contribution in [0.15, 0.2) is 23.3 Å². The van der Waals surface area contributed by atoms with Gasteiger partial charge >= 0.3 is 11.8 Å². The van der Waals surface area contributed by atoms with Crippen molar-refractivity contribution >= 4 is 18.0 Å². The Balaban J connectivity index is 1.93. The summed E-state index contributed by atoms with van der Waals surface area (Å²) in [5.74, 6) is -0.143. The second-order valence-electron chi connectivity index (χ2n) is 5.43. The summed E-state index contributed by atoms with van der Waals surface area (Å²) in [4.78, 5) is 23.0. The van der Waals surface area contributed by atoms with E-state index in [0.29, 0.717) is 24.7 Å². The lowest BCUT2D eigenvalue weighted by atomic mass is 10.2. The van der Waals surface area contributed by atoms with Gasteiger partial charge in [0.25, 0.3) is 0 Å². The summed E-state index contributed by atoms with van der Waals surface area (Å²) in [6, 6.07) is 5.50. The molecular weight excluding hydrogens is 310 g/mol. The molecule has 1 aromatic carbocycles. The van der Waals surface area contributed by atoms with Crippen LogP contribution in [-0.4, -0.2) is 37.3 Å². The van der Waals surface area contributed by atoms with E-state index in [1.54, 1.807) is 18.2 Å². The van der Waals surface area contributed by atoms with Crippen molar-refractivity contribution in [1.82, 2.24) is 10.7 Å². The van der Waals surface area contributed by atoms with E-state index in [9.17, 15) is 9.59 Å². The second-order valence-corrected chi connectivity index (χ2v) is 5.43. The van der Waals surface area contributed by atoms with Gasteiger partial charge in [0.1, 0.15) is 0 Å². The van der Waals surface area contributed by atoms with Crippen LogP contribution >= 0.6 is 0 Å². The SMILES string of the molecule is CCCOc1ccc(/C=N\NC(=O)C(=O)NC2CC2)cc1OCC. The minimum atomic E-state index is -0.772. The maximum atomic E-state index is 11.6. The molecule has 1 aliphatic rings. The highest BCUT2D eigenvalue weighted by Gasteiger charge is 2.26. The third kappa shape index (κ3) is 5.57. The van der Waals surface area contributed by atoms with Crippen molar-refractivity contribution in [1.29, 1.82) is 0 Å². The van der Waals surface area contributed by atoms with Crippen molar-refractivity contribution in [2.75, 3.05) is 13.2 Å². The largest absolute Gasteiger partial charge is 0.490 e. The van der Waals surface area contributed by atoms with Gasteiger partial charge in [0.05, 0.1) is 19.4 Å². The maximum absolute atomic E-state index is 11.6. The average molecular weight is 333 g/mol. The molecule has 2 N–H and O–H groups in total. The fraction of sp³-hybridized carbons (Fsp3) is 0.471. The van der Waals surface area contributed by atoms with Crippen molar-refractivity contribution in [2.24, 2.45) is 5.10 Å². The van der Waals surface area contributed by atoms with Crippen LogP contribution in [0.1, 0.15) is 38.7 Å². The molecule has 0 bridgehead atoms. The molecule has 1 fully saturated rings. The molecule has 1 saturated carbocycles. The standard InChI is InChI=1S/C17H23N3O4/c1-3-9-24-14-8-5-12(10-15(14)23-4-2)11-18-20-17(22)16(21)19-13-6-7-13/h5,8,10-11,13H,3-4,6-7,9H2,1-2H3,(H,19,21)(H,20,22)/b18-11-. The van der Waals surface area contributed by atoms with Gasteiger partial charge in [-0.2, -0.15) is 5.10 Å². The van der Waals surface area contributed by atoms with Crippen LogP contribution in [0.2, 0.25) is 0 Å². The highest BCUT2D eigenvalue weighted by Crippen LogP contribution is 2.28. The van der Waals surface area contributed by atoms with E-state index < -0.39 is 11.8 Å². The summed E-state index contributed by atoms with van der Waals surface area (Å²) in [7, 11) is 0. The van der Waals surface area contributed by atoms with Crippen molar-refractivity contribution in [3.8, 4) is 11.5 Å². The quantitative estimate of drug-likeness (QED) is 0.430. The molecule has 7 heteroatoms. The van der Waals surface area contributed by atoms with Crippen molar-refractivity contribution in [3.63, 3.8) is 0 Å². The minimum absolute atomic E-state index is 0.136. The van der Waals surface area contributed by atoms with Gasteiger partial charge in [-0.1, -0.05) is 6.92 Å². The number of hydrogen-bond donors (Lipinski definition) is 2. The Kier molecular flexibility index (Phi) is 6.60. The van der Waals surface area contributed by atoms with Crippen molar-refractivity contribution in [3.05, 3.63) is 23.8 Å². The summed E-state index contributed by atoms with van der Waals surface area (Å²) >= 11 is 0. The van der Waals surface area contributed by atoms with E-state index in [1.165, 1.54) is 6.21 Å². The number of benzene rings is 1. The van der Waals surface area contributed by atoms with Crippen LogP contribution in [0, 0.1) is 0 Å². The zero-order valence-corrected chi connectivity index (χ0v) is 14.0. The molecule has 0 saturated heterocycles. The van der Waals surface area contributed by atoms with Gasteiger partial charge in [-0.15, -0.1) is 0 Å². The topological polar surface area (TPSA) is 89.0 Å². The van der Waals surface area contributed by atoms with Crippen LogP contribution in [0.5, 0.6) is 11.5 Å². The molecule has 2 amide bonds. The van der Waals surface area contributed by atoms with E-state index >= 15 is 0 Å². The number of amides is 2. The Bertz CT molecular complexity index is 612. The molecule has 0 spiro atoms. The number of carbonyl (C=O) groups is 2. The van der Waals surface area contributed by atoms with Gasteiger partial charge in [0, 0.05) is 6.04 Å². The predicted molar refractivity (Wildman–Crippen MR) is 90.3 cm³/mol.